The molecule has 1 aliphatic heterocycles. The van der Waals surface area contributed by atoms with Crippen molar-refractivity contribution < 1.29 is 17.6 Å². The fraction of sp³-hybridized carbons (Fsp3) is 0.417. The van der Waals surface area contributed by atoms with Gasteiger partial charge in [0.15, 0.2) is 0 Å². The van der Waals surface area contributed by atoms with Crippen LogP contribution in [0.5, 0.6) is 0 Å². The first kappa shape index (κ1) is 14.9. The van der Waals surface area contributed by atoms with Crippen LogP contribution in [0.25, 0.3) is 0 Å². The third-order valence-electron chi connectivity index (χ3n) is 3.06. The number of nitrogens with zero attached hydrogens (tertiary/aromatic N) is 2. The number of nitrogens with one attached hydrogen (secondary N) is 1. The van der Waals surface area contributed by atoms with E-state index in [1.165, 1.54) is 43.3 Å². The third kappa shape index (κ3) is 3.14. The van der Waals surface area contributed by atoms with E-state index in [-0.39, 0.29) is 24.7 Å². The minimum atomic E-state index is -3.57. The number of rotatable bonds is 4. The van der Waals surface area contributed by atoms with Gasteiger partial charge in [-0.3, -0.25) is 4.79 Å². The van der Waals surface area contributed by atoms with Crippen LogP contribution in [-0.2, 0) is 15.0 Å². The first-order chi connectivity index (χ1) is 9.29. The summed E-state index contributed by atoms with van der Waals surface area (Å²) in [6.07, 6.45) is 0.0877. The summed E-state index contributed by atoms with van der Waals surface area (Å²) in [5.74, 6) is -0.576. The molecular weight excluding hydrogens is 285 g/mol. The van der Waals surface area contributed by atoms with E-state index in [1.54, 1.807) is 0 Å². The molecule has 1 atom stereocenters. The van der Waals surface area contributed by atoms with Gasteiger partial charge < -0.3 is 4.90 Å². The standard InChI is InChI=1S/C12H16FN3O3S/c1-15(2)20(18,19)14-10-7-12(17)16(8-10)11-5-3-9(13)4-6-11/h3-6,10,14H,7-8H2,1-2H3. The van der Waals surface area contributed by atoms with Crippen LogP contribution in [0.1, 0.15) is 6.42 Å². The fourth-order valence-electron chi connectivity index (χ4n) is 1.97. The summed E-state index contributed by atoms with van der Waals surface area (Å²) in [4.78, 5) is 13.4. The SMILES string of the molecule is CN(C)S(=O)(=O)NC1CC(=O)N(c2ccc(F)cc2)C1. The van der Waals surface area contributed by atoms with E-state index in [0.717, 1.165) is 4.31 Å². The predicted octanol–water partition coefficient (Wildman–Crippen LogP) is 0.327. The van der Waals surface area contributed by atoms with Gasteiger partial charge >= 0.3 is 0 Å². The fourth-order valence-corrected chi connectivity index (χ4v) is 2.76. The Hall–Kier alpha value is -1.51. The first-order valence-corrected chi connectivity index (χ1v) is 7.49. The van der Waals surface area contributed by atoms with Crippen molar-refractivity contribution >= 4 is 21.8 Å². The zero-order valence-electron chi connectivity index (χ0n) is 11.2. The zero-order chi connectivity index (χ0) is 14.9. The summed E-state index contributed by atoms with van der Waals surface area (Å²) in [6, 6.07) is 5.03. The van der Waals surface area contributed by atoms with Crippen molar-refractivity contribution in [3.63, 3.8) is 0 Å². The maximum Gasteiger partial charge on any atom is 0.279 e. The lowest BCUT2D eigenvalue weighted by Crippen LogP contribution is -2.43. The molecule has 0 aliphatic carbocycles. The number of carbonyl (C=O) groups is 1. The van der Waals surface area contributed by atoms with Gasteiger partial charge in [-0.15, -0.1) is 0 Å². The molecule has 1 unspecified atom stereocenters. The van der Waals surface area contributed by atoms with Crippen LogP contribution < -0.4 is 9.62 Å². The monoisotopic (exact) mass is 301 g/mol. The normalized spacial score (nSPS) is 19.9. The first-order valence-electron chi connectivity index (χ1n) is 6.05. The van der Waals surface area contributed by atoms with E-state index in [0.29, 0.717) is 5.69 Å². The van der Waals surface area contributed by atoms with Crippen molar-refractivity contribution in [3.05, 3.63) is 30.1 Å². The maximum atomic E-state index is 12.9. The number of hydrogen-bond donors (Lipinski definition) is 1. The molecule has 1 saturated heterocycles. The van der Waals surface area contributed by atoms with E-state index < -0.39 is 16.3 Å². The topological polar surface area (TPSA) is 69.7 Å². The molecule has 1 aliphatic rings. The highest BCUT2D eigenvalue weighted by atomic mass is 32.2. The van der Waals surface area contributed by atoms with Crippen molar-refractivity contribution in [1.29, 1.82) is 0 Å². The van der Waals surface area contributed by atoms with Gasteiger partial charge in [-0.1, -0.05) is 0 Å². The second-order valence-electron chi connectivity index (χ2n) is 4.79. The molecule has 6 nitrogen and oxygen atoms in total. The molecule has 2 rings (SSSR count). The van der Waals surface area contributed by atoms with Crippen LogP contribution in [-0.4, -0.2) is 45.3 Å². The Morgan fingerprint density at radius 2 is 1.90 bits per heavy atom. The summed E-state index contributed by atoms with van der Waals surface area (Å²) < 4.78 is 39.8. The van der Waals surface area contributed by atoms with Gasteiger partial charge in [0.25, 0.3) is 10.2 Å². The molecule has 1 heterocycles. The van der Waals surface area contributed by atoms with Crippen molar-refractivity contribution in [3.8, 4) is 0 Å². The van der Waals surface area contributed by atoms with Crippen LogP contribution in [0.3, 0.4) is 0 Å². The van der Waals surface area contributed by atoms with Crippen LogP contribution in [0.2, 0.25) is 0 Å². The lowest BCUT2D eigenvalue weighted by molar-refractivity contribution is -0.117. The van der Waals surface area contributed by atoms with Gasteiger partial charge in [0, 0.05) is 38.8 Å². The van der Waals surface area contributed by atoms with Gasteiger partial charge in [0.05, 0.1) is 0 Å². The van der Waals surface area contributed by atoms with E-state index in [2.05, 4.69) is 4.72 Å². The van der Waals surface area contributed by atoms with Crippen molar-refractivity contribution in [2.75, 3.05) is 25.5 Å². The number of hydrogen-bond acceptors (Lipinski definition) is 3. The second kappa shape index (κ2) is 5.47. The summed E-state index contributed by atoms with van der Waals surface area (Å²) in [6.45, 7) is 0.234. The van der Waals surface area contributed by atoms with Gasteiger partial charge in [-0.05, 0) is 24.3 Å². The molecule has 1 fully saturated rings. The quantitative estimate of drug-likeness (QED) is 0.871. The Morgan fingerprint density at radius 3 is 2.45 bits per heavy atom. The van der Waals surface area contributed by atoms with E-state index in [9.17, 15) is 17.6 Å². The van der Waals surface area contributed by atoms with E-state index in [4.69, 9.17) is 0 Å². The summed E-state index contributed by atoms with van der Waals surface area (Å²) in [7, 11) is -0.746. The molecule has 20 heavy (non-hydrogen) atoms. The van der Waals surface area contributed by atoms with Crippen LogP contribution in [0, 0.1) is 5.82 Å². The molecule has 1 amide bonds. The van der Waals surface area contributed by atoms with Crippen molar-refractivity contribution in [2.24, 2.45) is 0 Å². The molecule has 0 bridgehead atoms. The number of halogens is 1. The number of amides is 1. The van der Waals surface area contributed by atoms with Crippen LogP contribution >= 0.6 is 0 Å². The zero-order valence-corrected chi connectivity index (χ0v) is 12.0. The minimum absolute atomic E-state index is 0.0877. The molecule has 0 spiro atoms. The molecule has 1 N–H and O–H groups in total. The van der Waals surface area contributed by atoms with Gasteiger partial charge in [-0.2, -0.15) is 17.4 Å². The van der Waals surface area contributed by atoms with Crippen molar-refractivity contribution in [1.82, 2.24) is 9.03 Å². The third-order valence-corrected chi connectivity index (χ3v) is 4.65. The second-order valence-corrected chi connectivity index (χ2v) is 6.70. The average molecular weight is 301 g/mol. The summed E-state index contributed by atoms with van der Waals surface area (Å²) in [5, 5.41) is 0. The Bertz CT molecular complexity index is 601. The number of carbonyl (C=O) groups excluding carboxylic acids is 1. The lowest BCUT2D eigenvalue weighted by atomic mass is 10.3. The van der Waals surface area contributed by atoms with E-state index in [1.807, 2.05) is 0 Å². The summed E-state index contributed by atoms with van der Waals surface area (Å²) in [5.41, 5.74) is 0.558. The maximum absolute atomic E-state index is 12.9. The van der Waals surface area contributed by atoms with Crippen LogP contribution in [0.15, 0.2) is 24.3 Å². The minimum Gasteiger partial charge on any atom is -0.311 e. The Labute approximate surface area is 117 Å². The van der Waals surface area contributed by atoms with Gasteiger partial charge in [0.1, 0.15) is 5.82 Å². The lowest BCUT2D eigenvalue weighted by Gasteiger charge is -2.18. The molecule has 8 heteroatoms. The summed E-state index contributed by atoms with van der Waals surface area (Å²) >= 11 is 0. The molecule has 0 saturated carbocycles. The average Bonchev–Trinajstić information content (AvgIpc) is 2.70. The number of anilines is 1. The Balaban J connectivity index is 2.10. The largest absolute Gasteiger partial charge is 0.311 e. The highest BCUT2D eigenvalue weighted by molar-refractivity contribution is 7.87. The van der Waals surface area contributed by atoms with Gasteiger partial charge in [0.2, 0.25) is 5.91 Å². The molecule has 0 radical (unpaired) electrons. The molecule has 110 valence electrons. The number of benzene rings is 1. The molecule has 0 aromatic heterocycles. The molecule has 1 aromatic rings. The Morgan fingerprint density at radius 1 is 1.30 bits per heavy atom. The molecule has 1 aromatic carbocycles. The van der Waals surface area contributed by atoms with Gasteiger partial charge in [-0.25, -0.2) is 4.39 Å². The smallest absolute Gasteiger partial charge is 0.279 e. The molecular formula is C12H16FN3O3S. The highest BCUT2D eigenvalue weighted by Crippen LogP contribution is 2.22. The Kier molecular flexibility index (Phi) is 4.07. The van der Waals surface area contributed by atoms with Crippen LogP contribution in [0.4, 0.5) is 10.1 Å². The van der Waals surface area contributed by atoms with Crippen molar-refractivity contribution in [2.45, 2.75) is 12.5 Å². The predicted molar refractivity (Wildman–Crippen MR) is 72.9 cm³/mol. The van der Waals surface area contributed by atoms with E-state index >= 15 is 0 Å². The highest BCUT2D eigenvalue weighted by Gasteiger charge is 2.33.